The second-order valence-electron chi connectivity index (χ2n) is 3.90. The van der Waals surface area contributed by atoms with Crippen molar-refractivity contribution in [2.24, 2.45) is 0 Å². The molecule has 5 heteroatoms. The fourth-order valence-electron chi connectivity index (χ4n) is 1.59. The van der Waals surface area contributed by atoms with Gasteiger partial charge in [0.05, 0.1) is 5.56 Å². The van der Waals surface area contributed by atoms with Crippen LogP contribution >= 0.6 is 27.5 Å². The van der Waals surface area contributed by atoms with Crippen LogP contribution in [0.4, 0.5) is 4.39 Å². The van der Waals surface area contributed by atoms with E-state index in [1.54, 1.807) is 6.07 Å². The van der Waals surface area contributed by atoms with E-state index in [4.69, 9.17) is 11.6 Å². The third-order valence-electron chi connectivity index (χ3n) is 2.57. The first-order valence-corrected chi connectivity index (χ1v) is 6.71. The summed E-state index contributed by atoms with van der Waals surface area (Å²) in [4.78, 5) is 12.0. The van der Waals surface area contributed by atoms with Gasteiger partial charge < -0.3 is 5.32 Å². The largest absolute Gasteiger partial charge is 0.348 e. The molecule has 1 N–H and O–H groups in total. The summed E-state index contributed by atoms with van der Waals surface area (Å²) in [5.74, 6) is -0.679. The smallest absolute Gasteiger partial charge is 0.252 e. The normalized spacial score (nSPS) is 10.3. The number of hydrogen-bond acceptors (Lipinski definition) is 1. The highest BCUT2D eigenvalue weighted by atomic mass is 79.9. The zero-order valence-electron chi connectivity index (χ0n) is 9.79. The molecule has 2 aromatic rings. The molecule has 0 unspecified atom stereocenters. The van der Waals surface area contributed by atoms with E-state index in [0.29, 0.717) is 21.6 Å². The molecule has 1 amide bonds. The lowest BCUT2D eigenvalue weighted by atomic mass is 10.2. The number of rotatable bonds is 3. The molecule has 0 fully saturated rings. The number of amides is 1. The Morgan fingerprint density at radius 3 is 2.68 bits per heavy atom. The van der Waals surface area contributed by atoms with Crippen LogP contribution in [0.3, 0.4) is 0 Å². The van der Waals surface area contributed by atoms with E-state index in [0.717, 1.165) is 5.56 Å². The van der Waals surface area contributed by atoms with Gasteiger partial charge in [-0.15, -0.1) is 0 Å². The maximum atomic E-state index is 12.9. The number of halogens is 3. The topological polar surface area (TPSA) is 29.1 Å². The van der Waals surface area contributed by atoms with Gasteiger partial charge in [-0.25, -0.2) is 4.39 Å². The first-order chi connectivity index (χ1) is 9.08. The van der Waals surface area contributed by atoms with Crippen LogP contribution in [-0.4, -0.2) is 5.91 Å². The van der Waals surface area contributed by atoms with Crippen molar-refractivity contribution in [2.45, 2.75) is 6.54 Å². The Bertz CT molecular complexity index is 618. The summed E-state index contributed by atoms with van der Waals surface area (Å²) in [7, 11) is 0. The number of hydrogen-bond donors (Lipinski definition) is 1. The predicted molar refractivity (Wildman–Crippen MR) is 76.7 cm³/mol. The van der Waals surface area contributed by atoms with Gasteiger partial charge in [0.15, 0.2) is 0 Å². The summed E-state index contributed by atoms with van der Waals surface area (Å²) in [6.45, 7) is 0.322. The van der Waals surface area contributed by atoms with Crippen molar-refractivity contribution in [2.75, 3.05) is 0 Å². The minimum Gasteiger partial charge on any atom is -0.348 e. The van der Waals surface area contributed by atoms with Crippen LogP contribution in [-0.2, 0) is 6.54 Å². The maximum absolute atomic E-state index is 12.9. The number of carbonyl (C=O) groups is 1. The predicted octanol–water partition coefficient (Wildman–Crippen LogP) is 4.17. The van der Waals surface area contributed by atoms with Crippen LogP contribution in [0, 0.1) is 5.82 Å². The van der Waals surface area contributed by atoms with Crippen molar-refractivity contribution < 1.29 is 9.18 Å². The number of benzene rings is 2. The van der Waals surface area contributed by atoms with Gasteiger partial charge in [0.25, 0.3) is 5.91 Å². The SMILES string of the molecule is O=C(NCc1ccccc1Cl)c1ccc(F)cc1Br. The van der Waals surface area contributed by atoms with Gasteiger partial charge in [-0.1, -0.05) is 29.8 Å². The Kier molecular flexibility index (Phi) is 4.56. The Morgan fingerprint density at radius 2 is 2.00 bits per heavy atom. The molecular formula is C14H10BrClFNO. The number of carbonyl (C=O) groups excluding carboxylic acids is 1. The van der Waals surface area contributed by atoms with Crippen molar-refractivity contribution in [1.29, 1.82) is 0 Å². The fraction of sp³-hybridized carbons (Fsp3) is 0.0714. The molecule has 0 aliphatic rings. The Labute approximate surface area is 123 Å². The lowest BCUT2D eigenvalue weighted by Crippen LogP contribution is -2.23. The quantitative estimate of drug-likeness (QED) is 0.891. The van der Waals surface area contributed by atoms with Crippen molar-refractivity contribution >= 4 is 33.4 Å². The van der Waals surface area contributed by atoms with E-state index in [9.17, 15) is 9.18 Å². The average molecular weight is 343 g/mol. The van der Waals surface area contributed by atoms with Gasteiger partial charge in [-0.05, 0) is 45.8 Å². The average Bonchev–Trinajstić information content (AvgIpc) is 2.37. The zero-order chi connectivity index (χ0) is 13.8. The summed E-state index contributed by atoms with van der Waals surface area (Å²) in [6, 6.07) is 11.2. The molecule has 2 rings (SSSR count). The monoisotopic (exact) mass is 341 g/mol. The van der Waals surface area contributed by atoms with Crippen LogP contribution in [0.1, 0.15) is 15.9 Å². The molecule has 0 saturated heterocycles. The lowest BCUT2D eigenvalue weighted by Gasteiger charge is -2.08. The van der Waals surface area contributed by atoms with Crippen LogP contribution in [0.2, 0.25) is 5.02 Å². The van der Waals surface area contributed by atoms with Crippen molar-refractivity contribution in [3.63, 3.8) is 0 Å². The highest BCUT2D eigenvalue weighted by Gasteiger charge is 2.10. The van der Waals surface area contributed by atoms with E-state index < -0.39 is 5.82 Å². The van der Waals surface area contributed by atoms with Gasteiger partial charge in [0.1, 0.15) is 5.82 Å². The molecule has 2 nitrogen and oxygen atoms in total. The van der Waals surface area contributed by atoms with Gasteiger partial charge in [0, 0.05) is 16.0 Å². The first kappa shape index (κ1) is 14.0. The van der Waals surface area contributed by atoms with E-state index in [1.807, 2.05) is 18.2 Å². The standard InChI is InChI=1S/C14H10BrClFNO/c15-12-7-10(17)5-6-11(12)14(19)18-8-9-3-1-2-4-13(9)16/h1-7H,8H2,(H,18,19). The van der Waals surface area contributed by atoms with Crippen LogP contribution < -0.4 is 5.32 Å². The molecule has 0 heterocycles. The molecule has 0 aromatic heterocycles. The Hall–Kier alpha value is -1.39. The van der Waals surface area contributed by atoms with Gasteiger partial charge in [0.2, 0.25) is 0 Å². The molecular weight excluding hydrogens is 333 g/mol. The van der Waals surface area contributed by atoms with Crippen molar-refractivity contribution in [3.05, 3.63) is 68.9 Å². The van der Waals surface area contributed by atoms with E-state index in [-0.39, 0.29) is 5.91 Å². The Morgan fingerprint density at radius 1 is 1.26 bits per heavy atom. The van der Waals surface area contributed by atoms with Crippen LogP contribution in [0.25, 0.3) is 0 Å². The summed E-state index contributed by atoms with van der Waals surface area (Å²) in [6.07, 6.45) is 0. The first-order valence-electron chi connectivity index (χ1n) is 5.54. The second kappa shape index (κ2) is 6.17. The second-order valence-corrected chi connectivity index (χ2v) is 5.16. The van der Waals surface area contributed by atoms with Gasteiger partial charge >= 0.3 is 0 Å². The van der Waals surface area contributed by atoms with Gasteiger partial charge in [-0.3, -0.25) is 4.79 Å². The molecule has 98 valence electrons. The molecule has 0 radical (unpaired) electrons. The van der Waals surface area contributed by atoms with Gasteiger partial charge in [-0.2, -0.15) is 0 Å². The third kappa shape index (κ3) is 3.55. The Balaban J connectivity index is 2.08. The number of nitrogens with one attached hydrogen (secondary N) is 1. The zero-order valence-corrected chi connectivity index (χ0v) is 12.1. The van der Waals surface area contributed by atoms with E-state index in [1.165, 1.54) is 18.2 Å². The van der Waals surface area contributed by atoms with Crippen molar-refractivity contribution in [1.82, 2.24) is 5.32 Å². The summed E-state index contributed by atoms with van der Waals surface area (Å²) >= 11 is 9.16. The highest BCUT2D eigenvalue weighted by molar-refractivity contribution is 9.10. The van der Waals surface area contributed by atoms with Crippen LogP contribution in [0.15, 0.2) is 46.9 Å². The highest BCUT2D eigenvalue weighted by Crippen LogP contribution is 2.19. The molecule has 19 heavy (non-hydrogen) atoms. The summed E-state index contributed by atoms with van der Waals surface area (Å²) in [5, 5.41) is 3.34. The minimum absolute atomic E-state index is 0.285. The molecule has 2 aromatic carbocycles. The lowest BCUT2D eigenvalue weighted by molar-refractivity contribution is 0.0950. The summed E-state index contributed by atoms with van der Waals surface area (Å²) < 4.78 is 13.4. The molecule has 0 atom stereocenters. The molecule has 0 bridgehead atoms. The molecule has 0 spiro atoms. The van der Waals surface area contributed by atoms with E-state index >= 15 is 0 Å². The molecule has 0 saturated carbocycles. The third-order valence-corrected chi connectivity index (χ3v) is 3.60. The fourth-order valence-corrected chi connectivity index (χ4v) is 2.32. The summed E-state index contributed by atoms with van der Waals surface area (Å²) in [5.41, 5.74) is 1.21. The minimum atomic E-state index is -0.394. The maximum Gasteiger partial charge on any atom is 0.252 e. The van der Waals surface area contributed by atoms with E-state index in [2.05, 4.69) is 21.2 Å². The van der Waals surface area contributed by atoms with Crippen molar-refractivity contribution in [3.8, 4) is 0 Å². The molecule has 0 aliphatic heterocycles. The van der Waals surface area contributed by atoms with Crippen LogP contribution in [0.5, 0.6) is 0 Å². The molecule has 0 aliphatic carbocycles.